The number of rotatable bonds is 20. The number of esters is 2. The van der Waals surface area contributed by atoms with Crippen LogP contribution in [0.2, 0.25) is 0 Å². The van der Waals surface area contributed by atoms with Gasteiger partial charge in [-0.3, -0.25) is 0 Å². The molecular formula is C57H52N2O10S2. The Labute approximate surface area is 421 Å². The predicted octanol–water partition coefficient (Wildman–Crippen LogP) is 14.6. The van der Waals surface area contributed by atoms with Crippen LogP contribution >= 0.6 is 23.5 Å². The minimum absolute atomic E-state index is 0.162. The number of carbonyl (C=O) groups excluding carboxylic acids is 4. The molecule has 14 heteroatoms. The molecule has 0 aromatic heterocycles. The molecule has 12 nitrogen and oxygen atoms in total. The molecule has 5 aromatic rings. The van der Waals surface area contributed by atoms with Gasteiger partial charge in [0.25, 0.3) is 5.70 Å². The maximum absolute atomic E-state index is 14.4. The summed E-state index contributed by atoms with van der Waals surface area (Å²) in [6, 6.07) is 30.3. The summed E-state index contributed by atoms with van der Waals surface area (Å²) in [6.45, 7) is 12.7. The van der Waals surface area contributed by atoms with Gasteiger partial charge in [0.05, 0.1) is 51.0 Å². The summed E-state index contributed by atoms with van der Waals surface area (Å²) in [5.41, 5.74) is 5.31. The average molecular weight is 989 g/mol. The molecule has 0 saturated carbocycles. The normalized spacial score (nSPS) is 17.7. The van der Waals surface area contributed by atoms with Crippen molar-refractivity contribution in [2.75, 3.05) is 13.2 Å². The fraction of sp³-hybridized carbons (Fsp3) is 0.333. The largest absolute Gasteiger partial charge is 0.513 e. The molecule has 1 aliphatic heterocycles. The number of unbranched alkanes of at least 4 members (excludes halogenated alkanes) is 10. The Morgan fingerprint density at radius 2 is 0.986 bits per heavy atom. The lowest BCUT2D eigenvalue weighted by Gasteiger charge is -2.58. The number of allylic oxidation sites excluding steroid dienone is 1. The average Bonchev–Trinajstić information content (AvgIpc) is 3.91. The van der Waals surface area contributed by atoms with Crippen molar-refractivity contribution in [3.63, 3.8) is 0 Å². The highest BCUT2D eigenvalue weighted by molar-refractivity contribution is 8.24. The molecule has 1 spiro atoms. The van der Waals surface area contributed by atoms with Gasteiger partial charge >= 0.3 is 24.2 Å². The minimum atomic E-state index is -0.831. The van der Waals surface area contributed by atoms with E-state index in [0.717, 1.165) is 110 Å². The van der Waals surface area contributed by atoms with E-state index in [1.807, 2.05) is 30.3 Å². The van der Waals surface area contributed by atoms with Crippen LogP contribution in [-0.2, 0) is 14.9 Å². The van der Waals surface area contributed by atoms with E-state index in [1.54, 1.807) is 0 Å². The van der Waals surface area contributed by atoms with Crippen LogP contribution in [0.5, 0.6) is 23.0 Å². The monoisotopic (exact) mass is 988 g/mol. The first-order valence-electron chi connectivity index (χ1n) is 24.4. The standard InChI is InChI=1S/C57H52N2O10S2/c1-4-6-8-10-12-18-32-64-55(62)66-37-28-24-35(25-29-37)52(60)68-48-44-45(47-40-21-15-17-23-42(40)57(47)41-22-16-14-20-39(41)46(44)57)49(51-50(48)70-54(71-51)43(34-58)59-3)69-53(61)36-26-30-38(31-27-36)67-56(63)65-33-19-13-11-9-7-5-2/h14-17,20-31,46-47H,4-13,18-19,32-33H2,1-2H3/t46-,47+,57?. The summed E-state index contributed by atoms with van der Waals surface area (Å²) >= 11 is 2.24. The summed E-state index contributed by atoms with van der Waals surface area (Å²) in [7, 11) is 0. The molecule has 1 heterocycles. The number of nitrogens with zero attached hydrogens (tertiary/aromatic N) is 2. The van der Waals surface area contributed by atoms with E-state index < -0.39 is 29.7 Å². The van der Waals surface area contributed by atoms with E-state index in [0.29, 0.717) is 25.2 Å². The Morgan fingerprint density at radius 3 is 1.39 bits per heavy atom. The number of nitriles is 1. The fourth-order valence-electron chi connectivity index (χ4n) is 10.3. The van der Waals surface area contributed by atoms with E-state index in [2.05, 4.69) is 43.0 Å². The van der Waals surface area contributed by atoms with Crippen molar-refractivity contribution < 1.29 is 47.6 Å². The van der Waals surface area contributed by atoms with Crippen LogP contribution in [0.1, 0.15) is 157 Å². The third-order valence-electron chi connectivity index (χ3n) is 13.5. The molecule has 5 aromatic carbocycles. The van der Waals surface area contributed by atoms with Crippen LogP contribution < -0.4 is 18.9 Å². The van der Waals surface area contributed by atoms with E-state index in [4.69, 9.17) is 35.0 Å². The molecule has 0 amide bonds. The summed E-state index contributed by atoms with van der Waals surface area (Å²) in [5, 5.41) is 10.1. The second kappa shape index (κ2) is 22.0. The van der Waals surface area contributed by atoms with Crippen molar-refractivity contribution in [1.82, 2.24) is 0 Å². The number of benzene rings is 5. The van der Waals surface area contributed by atoms with E-state index in [9.17, 15) is 24.4 Å². The highest BCUT2D eigenvalue weighted by atomic mass is 32.2. The first-order valence-corrected chi connectivity index (χ1v) is 26.0. The number of ether oxygens (including phenoxy) is 6. The van der Waals surface area contributed by atoms with Gasteiger partial charge in [-0.2, -0.15) is 0 Å². The molecule has 0 fully saturated rings. The topological polar surface area (TPSA) is 152 Å². The Bertz CT molecular complexity index is 2790. The Morgan fingerprint density at radius 1 is 0.577 bits per heavy atom. The summed E-state index contributed by atoms with van der Waals surface area (Å²) < 4.78 is 34.8. The van der Waals surface area contributed by atoms with Gasteiger partial charge in [-0.25, -0.2) is 29.3 Å². The number of thioether (sulfide) groups is 2. The van der Waals surface area contributed by atoms with Crippen molar-refractivity contribution in [2.24, 2.45) is 0 Å². The summed E-state index contributed by atoms with van der Waals surface area (Å²) in [4.78, 5) is 58.2. The van der Waals surface area contributed by atoms with Gasteiger partial charge in [0.2, 0.25) is 0 Å². The van der Waals surface area contributed by atoms with E-state index in [1.165, 1.54) is 61.4 Å². The second-order valence-electron chi connectivity index (χ2n) is 17.9. The molecule has 9 rings (SSSR count). The van der Waals surface area contributed by atoms with Crippen LogP contribution in [0.4, 0.5) is 9.59 Å². The zero-order valence-electron chi connectivity index (χ0n) is 39.6. The molecule has 0 N–H and O–H groups in total. The fourth-order valence-corrected chi connectivity index (χ4v) is 12.8. The van der Waals surface area contributed by atoms with Crippen LogP contribution in [0.25, 0.3) is 4.85 Å². The number of hydrogen-bond donors (Lipinski definition) is 0. The first-order chi connectivity index (χ1) is 34.7. The van der Waals surface area contributed by atoms with Crippen LogP contribution in [0.3, 0.4) is 0 Å². The molecule has 0 saturated heterocycles. The van der Waals surface area contributed by atoms with E-state index >= 15 is 0 Å². The zero-order chi connectivity index (χ0) is 49.5. The molecule has 0 bridgehead atoms. The smallest absolute Gasteiger partial charge is 0.434 e. The number of hydrogen-bond acceptors (Lipinski definition) is 13. The predicted molar refractivity (Wildman–Crippen MR) is 268 cm³/mol. The maximum Gasteiger partial charge on any atom is 0.513 e. The van der Waals surface area contributed by atoms with Gasteiger partial charge in [-0.1, -0.05) is 150 Å². The molecule has 362 valence electrons. The van der Waals surface area contributed by atoms with Gasteiger partial charge < -0.3 is 28.4 Å². The lowest BCUT2D eigenvalue weighted by atomic mass is 9.43. The highest BCUT2D eigenvalue weighted by Gasteiger charge is 2.71. The highest BCUT2D eigenvalue weighted by Crippen LogP contribution is 2.81. The lowest BCUT2D eigenvalue weighted by molar-refractivity contribution is 0.0708. The van der Waals surface area contributed by atoms with Crippen molar-refractivity contribution in [3.05, 3.63) is 163 Å². The third-order valence-corrected chi connectivity index (χ3v) is 16.1. The van der Waals surface area contributed by atoms with E-state index in [-0.39, 0.29) is 64.9 Å². The Kier molecular flexibility index (Phi) is 15.2. The molecular weight excluding hydrogens is 937 g/mol. The van der Waals surface area contributed by atoms with Crippen molar-refractivity contribution >= 4 is 47.8 Å². The first kappa shape index (κ1) is 49.0. The quantitative estimate of drug-likeness (QED) is 0.0182. The molecule has 71 heavy (non-hydrogen) atoms. The minimum Gasteiger partial charge on any atom is -0.434 e. The molecule has 4 aliphatic rings. The van der Waals surface area contributed by atoms with Crippen molar-refractivity contribution in [1.29, 1.82) is 5.26 Å². The Balaban J connectivity index is 1.03. The molecule has 3 aliphatic carbocycles. The Hall–Kier alpha value is -7.00. The molecule has 1 unspecified atom stereocenters. The lowest BCUT2D eigenvalue weighted by Crippen LogP contribution is -2.52. The van der Waals surface area contributed by atoms with Crippen molar-refractivity contribution in [3.8, 4) is 29.1 Å². The number of carbonyl (C=O) groups is 4. The summed E-state index contributed by atoms with van der Waals surface area (Å²) in [6.07, 6.45) is 10.9. The van der Waals surface area contributed by atoms with Crippen LogP contribution in [0, 0.1) is 17.9 Å². The maximum atomic E-state index is 14.4. The van der Waals surface area contributed by atoms with Crippen LogP contribution in [-0.4, -0.2) is 37.5 Å². The molecule has 0 radical (unpaired) electrons. The van der Waals surface area contributed by atoms with Gasteiger partial charge in [-0.05, 0) is 83.6 Å². The van der Waals surface area contributed by atoms with Gasteiger partial charge in [0.1, 0.15) is 11.5 Å². The zero-order valence-corrected chi connectivity index (χ0v) is 41.2. The van der Waals surface area contributed by atoms with Gasteiger partial charge in [0.15, 0.2) is 11.5 Å². The summed E-state index contributed by atoms with van der Waals surface area (Å²) in [5.74, 6) is -1.14. The van der Waals surface area contributed by atoms with Gasteiger partial charge in [0, 0.05) is 28.4 Å². The SMILES string of the molecule is [C-]#[N+]C(C#N)=C1Sc2c(OC(=O)c3ccc(OC(=O)OCCCCCCCC)cc3)c3c(c(OC(=O)c4ccc(OC(=O)OCCCCCCCC)cc4)c2S1)[C@@H]1c2ccccc2C12c1ccccc1[C@H]32. The van der Waals surface area contributed by atoms with Gasteiger partial charge in [-0.15, -0.1) is 0 Å². The molecule has 3 atom stereocenters. The second-order valence-corrected chi connectivity index (χ2v) is 20.2. The van der Waals surface area contributed by atoms with Crippen LogP contribution in [0.15, 0.2) is 117 Å². The van der Waals surface area contributed by atoms with Crippen molar-refractivity contribution in [2.45, 2.75) is 118 Å². The number of fused-ring (bicyclic) bond motifs is 8. The third kappa shape index (κ3) is 9.51.